The highest BCUT2D eigenvalue weighted by molar-refractivity contribution is 5.76. The molecule has 1 saturated carbocycles. The Balaban J connectivity index is 1.68. The van der Waals surface area contributed by atoms with Crippen molar-refractivity contribution in [2.45, 2.75) is 96.5 Å². The van der Waals surface area contributed by atoms with E-state index in [4.69, 9.17) is 4.74 Å². The monoisotopic (exact) mass is 467 g/mol. The first-order chi connectivity index (χ1) is 16.0. The first kappa shape index (κ1) is 26.3. The van der Waals surface area contributed by atoms with Crippen LogP contribution in [0.15, 0.2) is 30.4 Å². The molecule has 1 heterocycles. The van der Waals surface area contributed by atoms with Crippen molar-refractivity contribution in [1.82, 2.24) is 4.90 Å². The van der Waals surface area contributed by atoms with E-state index in [9.17, 15) is 15.0 Å². The van der Waals surface area contributed by atoms with E-state index in [0.29, 0.717) is 19.3 Å². The molecule has 0 radical (unpaired) electrons. The lowest BCUT2D eigenvalue weighted by atomic mass is 9.86. The topological polar surface area (TPSA) is 70.0 Å². The number of amides is 1. The van der Waals surface area contributed by atoms with E-state index in [1.165, 1.54) is 0 Å². The fraction of sp³-hybridized carbons (Fsp3) is 0.621. The fourth-order valence-corrected chi connectivity index (χ4v) is 4.95. The molecule has 0 saturated heterocycles. The Hall–Kier alpha value is -2.29. The van der Waals surface area contributed by atoms with Crippen molar-refractivity contribution in [3.8, 4) is 17.6 Å². The van der Waals surface area contributed by atoms with Crippen LogP contribution in [0.5, 0.6) is 5.75 Å². The number of ether oxygens (including phenoxy) is 1. The zero-order valence-electron chi connectivity index (χ0n) is 21.5. The largest absolute Gasteiger partial charge is 0.489 e. The maximum absolute atomic E-state index is 12.5. The summed E-state index contributed by atoms with van der Waals surface area (Å²) < 4.78 is 6.36. The van der Waals surface area contributed by atoms with Gasteiger partial charge in [0.15, 0.2) is 0 Å². The Kier molecular flexibility index (Phi) is 8.49. The molecular weight excluding hydrogens is 426 g/mol. The molecule has 34 heavy (non-hydrogen) atoms. The van der Waals surface area contributed by atoms with E-state index in [-0.39, 0.29) is 35.3 Å². The van der Waals surface area contributed by atoms with Gasteiger partial charge in [-0.1, -0.05) is 37.3 Å². The highest BCUT2D eigenvalue weighted by Gasteiger charge is 2.48. The number of aliphatic hydroxyl groups excluding tert-OH is 2. The van der Waals surface area contributed by atoms with E-state index in [1.54, 1.807) is 6.92 Å². The molecule has 1 amide bonds. The van der Waals surface area contributed by atoms with Crippen LogP contribution >= 0.6 is 0 Å². The summed E-state index contributed by atoms with van der Waals surface area (Å²) in [6, 6.07) is 6.23. The van der Waals surface area contributed by atoms with Crippen molar-refractivity contribution in [1.29, 1.82) is 0 Å². The minimum atomic E-state index is -0.594. The van der Waals surface area contributed by atoms with Crippen molar-refractivity contribution in [2.75, 3.05) is 7.05 Å². The van der Waals surface area contributed by atoms with Gasteiger partial charge in [0.2, 0.25) is 5.91 Å². The summed E-state index contributed by atoms with van der Waals surface area (Å²) in [7, 11) is 1.86. The van der Waals surface area contributed by atoms with Crippen LogP contribution in [-0.4, -0.2) is 51.9 Å². The van der Waals surface area contributed by atoms with Crippen LogP contribution in [0, 0.1) is 23.7 Å². The molecule has 2 N–H and O–H groups in total. The third-order valence-electron chi connectivity index (χ3n) is 7.42. The molecular formula is C29H41NO4. The molecule has 5 nitrogen and oxygen atoms in total. The van der Waals surface area contributed by atoms with E-state index in [2.05, 4.69) is 30.0 Å². The van der Waals surface area contributed by atoms with Gasteiger partial charge in [-0.05, 0) is 52.0 Å². The first-order valence-corrected chi connectivity index (χ1v) is 12.5. The summed E-state index contributed by atoms with van der Waals surface area (Å²) in [4.78, 5) is 14.3. The van der Waals surface area contributed by atoms with Crippen LogP contribution in [-0.2, 0) is 11.2 Å². The Bertz CT molecular complexity index is 951. The molecule has 5 heteroatoms. The number of aryl methyl sites for hydroxylation is 1. The van der Waals surface area contributed by atoms with Crippen molar-refractivity contribution >= 4 is 5.91 Å². The van der Waals surface area contributed by atoms with Gasteiger partial charge in [0.05, 0.1) is 12.2 Å². The second kappa shape index (κ2) is 11.0. The molecule has 0 unspecified atom stereocenters. The Labute approximate surface area is 205 Å². The number of para-hydroxylation sites is 1. The number of benzene rings is 1. The summed E-state index contributed by atoms with van der Waals surface area (Å²) in [6.07, 6.45) is 5.92. The molecule has 0 bridgehead atoms. The molecule has 3 rings (SSSR count). The Morgan fingerprint density at radius 1 is 1.35 bits per heavy atom. The predicted molar refractivity (Wildman–Crippen MR) is 136 cm³/mol. The Morgan fingerprint density at radius 2 is 2.09 bits per heavy atom. The van der Waals surface area contributed by atoms with E-state index >= 15 is 0 Å². The van der Waals surface area contributed by atoms with Crippen LogP contribution in [0.25, 0.3) is 0 Å². The minimum absolute atomic E-state index is 0.0387. The normalized spacial score (nSPS) is 25.2. The number of rotatable bonds is 8. The zero-order chi connectivity index (χ0) is 25.0. The molecule has 1 aliphatic carbocycles. The number of nitrogens with zero attached hydrogens (tertiary/aromatic N) is 1. The highest BCUT2D eigenvalue weighted by Crippen LogP contribution is 2.52. The quantitative estimate of drug-likeness (QED) is 0.438. The van der Waals surface area contributed by atoms with Crippen LogP contribution < -0.4 is 4.74 Å². The number of aliphatic hydroxyl groups is 2. The molecule has 0 aromatic heterocycles. The molecule has 1 aromatic carbocycles. The number of carbonyl (C=O) groups excluding carboxylic acids is 1. The molecule has 1 aromatic rings. The first-order valence-electron chi connectivity index (χ1n) is 12.5. The average molecular weight is 468 g/mol. The SMILES string of the molecule is CC#CC[C@H](C)[C@H](O)/C=C/[C@@H]1[C@H]2c3cccc(CCCC(=O)N(C)C(C)(C)C)c3O[C@H]2C[C@H]1O. The molecule has 2 aliphatic rings. The number of hydrogen-bond donors (Lipinski definition) is 2. The van der Waals surface area contributed by atoms with Crippen molar-refractivity contribution in [3.63, 3.8) is 0 Å². The van der Waals surface area contributed by atoms with Gasteiger partial charge in [-0.3, -0.25) is 4.79 Å². The van der Waals surface area contributed by atoms with Gasteiger partial charge in [-0.2, -0.15) is 0 Å². The van der Waals surface area contributed by atoms with Crippen LogP contribution in [0.4, 0.5) is 0 Å². The molecule has 1 fully saturated rings. The second-order valence-electron chi connectivity index (χ2n) is 10.9. The Morgan fingerprint density at radius 3 is 2.76 bits per heavy atom. The summed E-state index contributed by atoms with van der Waals surface area (Å²) in [5.41, 5.74) is 2.08. The van der Waals surface area contributed by atoms with Gasteiger partial charge < -0.3 is 19.8 Å². The van der Waals surface area contributed by atoms with Crippen LogP contribution in [0.2, 0.25) is 0 Å². The smallest absolute Gasteiger partial charge is 0.222 e. The summed E-state index contributed by atoms with van der Waals surface area (Å²) in [5.74, 6) is 7.00. The molecule has 1 aliphatic heterocycles. The van der Waals surface area contributed by atoms with Crippen molar-refractivity contribution < 1.29 is 19.7 Å². The van der Waals surface area contributed by atoms with E-state index in [0.717, 1.165) is 29.7 Å². The molecule has 0 spiro atoms. The highest BCUT2D eigenvalue weighted by atomic mass is 16.5. The van der Waals surface area contributed by atoms with Crippen LogP contribution in [0.3, 0.4) is 0 Å². The third kappa shape index (κ3) is 5.85. The summed E-state index contributed by atoms with van der Waals surface area (Å²) in [5, 5.41) is 21.2. The van der Waals surface area contributed by atoms with E-state index < -0.39 is 12.2 Å². The number of carbonyl (C=O) groups is 1. The lowest BCUT2D eigenvalue weighted by molar-refractivity contribution is -0.134. The lowest BCUT2D eigenvalue weighted by Gasteiger charge is -2.32. The van der Waals surface area contributed by atoms with Gasteiger partial charge in [0, 0.05) is 49.2 Å². The summed E-state index contributed by atoms with van der Waals surface area (Å²) >= 11 is 0. The third-order valence-corrected chi connectivity index (χ3v) is 7.42. The van der Waals surface area contributed by atoms with Crippen molar-refractivity contribution in [2.24, 2.45) is 11.8 Å². The summed E-state index contributed by atoms with van der Waals surface area (Å²) in [6.45, 7) is 9.91. The van der Waals surface area contributed by atoms with Gasteiger partial charge in [-0.15, -0.1) is 11.8 Å². The van der Waals surface area contributed by atoms with Gasteiger partial charge >= 0.3 is 0 Å². The van der Waals surface area contributed by atoms with Crippen LogP contribution in [0.1, 0.15) is 77.3 Å². The fourth-order valence-electron chi connectivity index (χ4n) is 4.95. The van der Waals surface area contributed by atoms with Crippen molar-refractivity contribution in [3.05, 3.63) is 41.5 Å². The van der Waals surface area contributed by atoms with Gasteiger partial charge in [-0.25, -0.2) is 0 Å². The number of fused-ring (bicyclic) bond motifs is 3. The maximum Gasteiger partial charge on any atom is 0.222 e. The minimum Gasteiger partial charge on any atom is -0.489 e. The average Bonchev–Trinajstić information content (AvgIpc) is 3.29. The molecule has 6 atom stereocenters. The van der Waals surface area contributed by atoms with E-state index in [1.807, 2.05) is 51.8 Å². The maximum atomic E-state index is 12.5. The lowest BCUT2D eigenvalue weighted by Crippen LogP contribution is -2.42. The standard InChI is InChI=1S/C29H41NO4/c1-7-8-11-19(2)23(31)17-16-21-24(32)18-25-27(21)22-14-9-12-20(28(22)34-25)13-10-15-26(33)30(6)29(3,4)5/h9,12,14,16-17,19,21,23-25,27,31-32H,10-11,13,15,18H2,1-6H3/b17-16+/t19-,21-,23+,24+,25-,27-/m0/s1. The van der Waals surface area contributed by atoms with Gasteiger partial charge in [0.1, 0.15) is 11.9 Å². The number of hydrogen-bond acceptors (Lipinski definition) is 4. The predicted octanol–water partition coefficient (Wildman–Crippen LogP) is 4.46. The molecule has 186 valence electrons. The zero-order valence-corrected chi connectivity index (χ0v) is 21.5. The van der Waals surface area contributed by atoms with Gasteiger partial charge in [0.25, 0.3) is 0 Å². The second-order valence-corrected chi connectivity index (χ2v) is 10.9.